The summed E-state index contributed by atoms with van der Waals surface area (Å²) in [4.78, 5) is 0. The molecule has 13 heavy (non-hydrogen) atoms. The van der Waals surface area contributed by atoms with Crippen LogP contribution in [0.5, 0.6) is 5.75 Å². The summed E-state index contributed by atoms with van der Waals surface area (Å²) in [5, 5.41) is 17.1. The van der Waals surface area contributed by atoms with Crippen molar-refractivity contribution in [1.82, 2.24) is 0 Å². The Labute approximate surface area is 78.6 Å². The molecule has 2 N–H and O–H groups in total. The molecule has 0 aliphatic carbocycles. The molecule has 0 spiro atoms. The molecule has 0 aliphatic rings. The summed E-state index contributed by atoms with van der Waals surface area (Å²) in [5.74, 6) is 0.322. The molecule has 0 amide bonds. The Hall–Kier alpha value is -1.06. The highest BCUT2D eigenvalue weighted by molar-refractivity contribution is 5.18. The van der Waals surface area contributed by atoms with Gasteiger partial charge in [0, 0.05) is 7.11 Å². The monoisotopic (exact) mass is 184 g/mol. The first-order valence-electron chi connectivity index (χ1n) is 4.08. The van der Waals surface area contributed by atoms with Crippen LogP contribution < -0.4 is 0 Å². The van der Waals surface area contributed by atoms with Gasteiger partial charge in [-0.3, -0.25) is 0 Å². The van der Waals surface area contributed by atoms with Crippen molar-refractivity contribution in [3.63, 3.8) is 0 Å². The number of aliphatic hydroxyl groups excluding tert-OH is 1. The van der Waals surface area contributed by atoms with Gasteiger partial charge in [0.25, 0.3) is 0 Å². The Bertz CT molecular complexity index is 197. The van der Waals surface area contributed by atoms with E-state index in [9.17, 15) is 0 Å². The van der Waals surface area contributed by atoms with Crippen LogP contribution in [0.4, 0.5) is 0 Å². The van der Waals surface area contributed by atoms with Gasteiger partial charge < -0.3 is 14.9 Å². The van der Waals surface area contributed by atoms with Crippen molar-refractivity contribution in [1.29, 1.82) is 0 Å². The van der Waals surface area contributed by atoms with Crippen LogP contribution in [0.25, 0.3) is 0 Å². The number of para-hydroxylation sites is 1. The van der Waals surface area contributed by atoms with E-state index in [2.05, 4.69) is 4.74 Å². The number of hydrogen-bond acceptors (Lipinski definition) is 3. The maximum Gasteiger partial charge on any atom is 0.115 e. The molecule has 0 saturated carbocycles. The van der Waals surface area contributed by atoms with Crippen LogP contribution in [0.2, 0.25) is 0 Å². The molecular weight excluding hydrogens is 168 g/mol. The first kappa shape index (κ1) is 11.9. The Balaban J connectivity index is 0.000000226. The summed E-state index contributed by atoms with van der Waals surface area (Å²) in [6, 6.07) is 8.71. The molecule has 0 heterocycles. The van der Waals surface area contributed by atoms with Gasteiger partial charge in [0.15, 0.2) is 0 Å². The highest BCUT2D eigenvalue weighted by Gasteiger charge is 1.87. The van der Waals surface area contributed by atoms with Crippen molar-refractivity contribution in [2.75, 3.05) is 13.7 Å². The third-order valence-corrected chi connectivity index (χ3v) is 1.16. The minimum Gasteiger partial charge on any atom is -0.508 e. The Kier molecular flexibility index (Phi) is 6.96. The number of aliphatic hydroxyl groups is 1. The Morgan fingerprint density at radius 2 is 1.85 bits per heavy atom. The predicted molar refractivity (Wildman–Crippen MR) is 51.7 cm³/mol. The molecule has 3 heteroatoms. The molecule has 74 valence electrons. The van der Waals surface area contributed by atoms with Gasteiger partial charge in [-0.15, -0.1) is 0 Å². The molecule has 1 atom stereocenters. The van der Waals surface area contributed by atoms with E-state index < -0.39 is 0 Å². The van der Waals surface area contributed by atoms with Crippen molar-refractivity contribution < 1.29 is 14.9 Å². The van der Waals surface area contributed by atoms with Crippen molar-refractivity contribution in [2.24, 2.45) is 0 Å². The largest absolute Gasteiger partial charge is 0.508 e. The van der Waals surface area contributed by atoms with Crippen molar-refractivity contribution >= 4 is 0 Å². The summed E-state index contributed by atoms with van der Waals surface area (Å²) in [7, 11) is 1.56. The molecule has 0 aromatic heterocycles. The van der Waals surface area contributed by atoms with Gasteiger partial charge in [-0.1, -0.05) is 18.2 Å². The van der Waals surface area contributed by atoms with Gasteiger partial charge >= 0.3 is 0 Å². The van der Waals surface area contributed by atoms with Gasteiger partial charge in [-0.25, -0.2) is 0 Å². The number of hydrogen-bond donors (Lipinski definition) is 2. The topological polar surface area (TPSA) is 49.7 Å². The second-order valence-electron chi connectivity index (χ2n) is 2.64. The number of rotatable bonds is 2. The molecule has 1 aromatic rings. The predicted octanol–water partition coefficient (Wildman–Crippen LogP) is 1.41. The molecule has 3 nitrogen and oxygen atoms in total. The van der Waals surface area contributed by atoms with Crippen LogP contribution in [0.15, 0.2) is 30.3 Å². The lowest BCUT2D eigenvalue weighted by atomic mass is 10.3. The zero-order valence-electron chi connectivity index (χ0n) is 7.97. The van der Waals surface area contributed by atoms with Gasteiger partial charge in [-0.2, -0.15) is 0 Å². The number of phenols is 1. The quantitative estimate of drug-likeness (QED) is 0.730. The smallest absolute Gasteiger partial charge is 0.115 e. The van der Waals surface area contributed by atoms with E-state index in [0.717, 1.165) is 0 Å². The van der Waals surface area contributed by atoms with Gasteiger partial charge in [0.1, 0.15) is 5.75 Å². The maximum absolute atomic E-state index is 8.63. The van der Waals surface area contributed by atoms with Gasteiger partial charge in [-0.05, 0) is 19.1 Å². The molecule has 1 aromatic carbocycles. The summed E-state index contributed by atoms with van der Waals surface area (Å²) < 4.78 is 4.55. The lowest BCUT2D eigenvalue weighted by molar-refractivity contribution is 0.0765. The van der Waals surface area contributed by atoms with Crippen LogP contribution >= 0.6 is 0 Å². The van der Waals surface area contributed by atoms with Crippen molar-refractivity contribution in [3.8, 4) is 5.75 Å². The molecule has 0 aliphatic heterocycles. The maximum atomic E-state index is 8.63. The lowest BCUT2D eigenvalue weighted by Gasteiger charge is -1.97. The van der Waals surface area contributed by atoms with E-state index in [1.807, 2.05) is 6.07 Å². The van der Waals surface area contributed by atoms with E-state index in [1.165, 1.54) is 0 Å². The summed E-state index contributed by atoms with van der Waals surface area (Å²) >= 11 is 0. The Morgan fingerprint density at radius 1 is 1.31 bits per heavy atom. The summed E-state index contributed by atoms with van der Waals surface area (Å²) in [6.07, 6.45) is -0.324. The number of phenolic OH excluding ortho intramolecular Hbond substituents is 1. The van der Waals surface area contributed by atoms with Crippen molar-refractivity contribution in [2.45, 2.75) is 13.0 Å². The molecule has 0 saturated heterocycles. The fourth-order valence-electron chi connectivity index (χ4n) is 0.669. The second-order valence-corrected chi connectivity index (χ2v) is 2.64. The van der Waals surface area contributed by atoms with Crippen LogP contribution in [-0.4, -0.2) is 30.0 Å². The number of aromatic hydroxyl groups is 1. The Morgan fingerprint density at radius 3 is 2.00 bits per heavy atom. The van der Waals surface area contributed by atoms with Gasteiger partial charge in [0.2, 0.25) is 0 Å². The summed E-state index contributed by atoms with van der Waals surface area (Å²) in [5.41, 5.74) is 0. The van der Waals surface area contributed by atoms with Crippen LogP contribution in [-0.2, 0) is 4.74 Å². The van der Waals surface area contributed by atoms with E-state index in [4.69, 9.17) is 10.2 Å². The zero-order chi connectivity index (χ0) is 10.1. The number of benzene rings is 1. The summed E-state index contributed by atoms with van der Waals surface area (Å²) in [6.45, 7) is 2.11. The van der Waals surface area contributed by atoms with E-state index in [-0.39, 0.29) is 6.10 Å². The van der Waals surface area contributed by atoms with Gasteiger partial charge in [0.05, 0.1) is 12.7 Å². The third kappa shape index (κ3) is 8.85. The molecule has 0 radical (unpaired) electrons. The molecule has 1 rings (SSSR count). The molecular formula is C10H16O3. The first-order chi connectivity index (χ1) is 6.16. The first-order valence-corrected chi connectivity index (χ1v) is 4.08. The normalized spacial score (nSPS) is 11.3. The molecule has 0 fully saturated rings. The fraction of sp³-hybridized carbons (Fsp3) is 0.400. The van der Waals surface area contributed by atoms with Crippen LogP contribution in [0, 0.1) is 0 Å². The molecule has 0 bridgehead atoms. The third-order valence-electron chi connectivity index (χ3n) is 1.16. The van der Waals surface area contributed by atoms with E-state index >= 15 is 0 Å². The van der Waals surface area contributed by atoms with E-state index in [0.29, 0.717) is 12.4 Å². The number of methoxy groups -OCH3 is 1. The second kappa shape index (κ2) is 7.58. The highest BCUT2D eigenvalue weighted by Crippen LogP contribution is 2.02. The number of ether oxygens (including phenoxy) is 1. The SMILES string of the molecule is COCC(C)O.Oc1ccccc1. The fourth-order valence-corrected chi connectivity index (χ4v) is 0.669. The van der Waals surface area contributed by atoms with Crippen molar-refractivity contribution in [3.05, 3.63) is 30.3 Å². The highest BCUT2D eigenvalue weighted by atomic mass is 16.5. The standard InChI is InChI=1S/C6H6O.C4H10O2/c7-6-4-2-1-3-5-6;1-4(5)3-6-2/h1-5,7H;4-5H,3H2,1-2H3. The minimum atomic E-state index is -0.324. The lowest BCUT2D eigenvalue weighted by Crippen LogP contribution is -2.07. The minimum absolute atomic E-state index is 0.322. The average Bonchev–Trinajstić information content (AvgIpc) is 2.06. The average molecular weight is 184 g/mol. The van der Waals surface area contributed by atoms with E-state index in [1.54, 1.807) is 38.3 Å². The van der Waals surface area contributed by atoms with Crippen LogP contribution in [0.3, 0.4) is 0 Å². The zero-order valence-corrected chi connectivity index (χ0v) is 7.97. The van der Waals surface area contributed by atoms with Crippen LogP contribution in [0.1, 0.15) is 6.92 Å². The molecule has 1 unspecified atom stereocenters.